The van der Waals surface area contributed by atoms with Crippen LogP contribution in [0.2, 0.25) is 0 Å². The highest BCUT2D eigenvalue weighted by Crippen LogP contribution is 2.20. The Balaban J connectivity index is 3.22. The minimum atomic E-state index is -1.03. The molecule has 0 aliphatic heterocycles. The molecule has 4 heteroatoms. The molecule has 1 N–H and O–H groups in total. The lowest BCUT2D eigenvalue weighted by atomic mass is 9.96. The van der Waals surface area contributed by atoms with Crippen molar-refractivity contribution in [1.82, 2.24) is 0 Å². The standard InChI is InChI=1S/C10H8FNO2/c1-6(10(13)14)9-3-2-8(11)4-7(9)5-12/h2-4,6H,1H3,(H,13,14). The van der Waals surface area contributed by atoms with Crippen LogP contribution in [0.1, 0.15) is 24.0 Å². The lowest BCUT2D eigenvalue weighted by Crippen LogP contribution is -2.09. The zero-order chi connectivity index (χ0) is 10.7. The average Bonchev–Trinajstić information content (AvgIpc) is 2.16. The Labute approximate surface area is 80.4 Å². The maximum atomic E-state index is 12.7. The molecule has 0 heterocycles. The van der Waals surface area contributed by atoms with Gasteiger partial charge in [-0.05, 0) is 24.6 Å². The van der Waals surface area contributed by atoms with E-state index in [1.807, 2.05) is 0 Å². The molecular weight excluding hydrogens is 185 g/mol. The van der Waals surface area contributed by atoms with Gasteiger partial charge in [-0.1, -0.05) is 6.07 Å². The van der Waals surface area contributed by atoms with E-state index in [9.17, 15) is 9.18 Å². The van der Waals surface area contributed by atoms with Gasteiger partial charge in [0.15, 0.2) is 0 Å². The molecule has 0 amide bonds. The number of benzene rings is 1. The fourth-order valence-corrected chi connectivity index (χ4v) is 1.14. The van der Waals surface area contributed by atoms with Crippen LogP contribution in [-0.4, -0.2) is 11.1 Å². The van der Waals surface area contributed by atoms with Gasteiger partial charge in [-0.2, -0.15) is 5.26 Å². The molecule has 0 bridgehead atoms. The average molecular weight is 193 g/mol. The van der Waals surface area contributed by atoms with Gasteiger partial charge in [-0.25, -0.2) is 4.39 Å². The van der Waals surface area contributed by atoms with Crippen molar-refractivity contribution >= 4 is 5.97 Å². The van der Waals surface area contributed by atoms with Crippen LogP contribution in [0, 0.1) is 17.1 Å². The molecule has 0 saturated carbocycles. The second kappa shape index (κ2) is 3.88. The van der Waals surface area contributed by atoms with Crippen molar-refractivity contribution in [2.75, 3.05) is 0 Å². The first-order valence-corrected chi connectivity index (χ1v) is 3.98. The molecule has 0 radical (unpaired) electrons. The summed E-state index contributed by atoms with van der Waals surface area (Å²) >= 11 is 0. The third kappa shape index (κ3) is 1.88. The predicted octanol–water partition coefficient (Wildman–Crippen LogP) is 1.89. The van der Waals surface area contributed by atoms with Gasteiger partial charge < -0.3 is 5.11 Å². The van der Waals surface area contributed by atoms with Crippen molar-refractivity contribution in [2.45, 2.75) is 12.8 Å². The van der Waals surface area contributed by atoms with Crippen LogP contribution >= 0.6 is 0 Å². The van der Waals surface area contributed by atoms with E-state index in [2.05, 4.69) is 0 Å². The van der Waals surface area contributed by atoms with Gasteiger partial charge in [-0.3, -0.25) is 4.79 Å². The highest BCUT2D eigenvalue weighted by molar-refractivity contribution is 5.76. The summed E-state index contributed by atoms with van der Waals surface area (Å²) in [6.07, 6.45) is 0. The molecule has 1 atom stereocenters. The molecule has 0 aliphatic carbocycles. The van der Waals surface area contributed by atoms with E-state index in [0.29, 0.717) is 5.56 Å². The maximum Gasteiger partial charge on any atom is 0.310 e. The number of hydrogen-bond acceptors (Lipinski definition) is 2. The summed E-state index contributed by atoms with van der Waals surface area (Å²) in [5.74, 6) is -2.37. The molecule has 1 unspecified atom stereocenters. The Kier molecular flexibility index (Phi) is 2.82. The van der Waals surface area contributed by atoms with Gasteiger partial charge in [0.2, 0.25) is 0 Å². The van der Waals surface area contributed by atoms with Crippen LogP contribution in [0.5, 0.6) is 0 Å². The fraction of sp³-hybridized carbons (Fsp3) is 0.200. The maximum absolute atomic E-state index is 12.7. The molecule has 0 fully saturated rings. The number of aliphatic carboxylic acids is 1. The molecule has 3 nitrogen and oxygen atoms in total. The Morgan fingerprint density at radius 1 is 1.64 bits per heavy atom. The van der Waals surface area contributed by atoms with Gasteiger partial charge in [0.1, 0.15) is 5.82 Å². The summed E-state index contributed by atoms with van der Waals surface area (Å²) in [5, 5.41) is 17.4. The number of carboxylic acids is 1. The van der Waals surface area contributed by atoms with Crippen molar-refractivity contribution < 1.29 is 14.3 Å². The first-order chi connectivity index (χ1) is 6.56. The summed E-state index contributed by atoms with van der Waals surface area (Å²) in [6, 6.07) is 5.28. The summed E-state index contributed by atoms with van der Waals surface area (Å²) < 4.78 is 12.7. The lowest BCUT2D eigenvalue weighted by Gasteiger charge is -2.07. The monoisotopic (exact) mass is 193 g/mol. The Morgan fingerprint density at radius 2 is 2.29 bits per heavy atom. The van der Waals surface area contributed by atoms with Crippen molar-refractivity contribution in [1.29, 1.82) is 5.26 Å². The molecule has 0 aliphatic rings. The lowest BCUT2D eigenvalue weighted by molar-refractivity contribution is -0.138. The molecule has 72 valence electrons. The van der Waals surface area contributed by atoms with Crippen LogP contribution in [0.3, 0.4) is 0 Å². The second-order valence-electron chi connectivity index (χ2n) is 2.90. The summed E-state index contributed by atoms with van der Waals surface area (Å²) in [4.78, 5) is 10.6. The predicted molar refractivity (Wildman–Crippen MR) is 47.2 cm³/mol. The zero-order valence-corrected chi connectivity index (χ0v) is 7.49. The van der Waals surface area contributed by atoms with Gasteiger partial charge in [0.05, 0.1) is 17.6 Å². The highest BCUT2D eigenvalue weighted by Gasteiger charge is 2.17. The quantitative estimate of drug-likeness (QED) is 0.780. The topological polar surface area (TPSA) is 61.1 Å². The van der Waals surface area contributed by atoms with Gasteiger partial charge in [-0.15, -0.1) is 0 Å². The number of rotatable bonds is 2. The summed E-state index contributed by atoms with van der Waals surface area (Å²) in [5.41, 5.74) is 0.404. The molecule has 1 rings (SSSR count). The molecule has 14 heavy (non-hydrogen) atoms. The molecule has 0 aromatic heterocycles. The van der Waals surface area contributed by atoms with E-state index >= 15 is 0 Å². The van der Waals surface area contributed by atoms with Crippen molar-refractivity contribution in [3.8, 4) is 6.07 Å². The number of nitrogens with zero attached hydrogens (tertiary/aromatic N) is 1. The summed E-state index contributed by atoms with van der Waals surface area (Å²) in [6.45, 7) is 1.45. The minimum absolute atomic E-state index is 0.0694. The Morgan fingerprint density at radius 3 is 2.79 bits per heavy atom. The van der Waals surface area contributed by atoms with E-state index in [1.165, 1.54) is 13.0 Å². The first-order valence-electron chi connectivity index (χ1n) is 3.98. The van der Waals surface area contributed by atoms with Crippen LogP contribution in [0.4, 0.5) is 4.39 Å². The van der Waals surface area contributed by atoms with Crippen molar-refractivity contribution in [2.24, 2.45) is 0 Å². The van der Waals surface area contributed by atoms with Gasteiger partial charge in [0.25, 0.3) is 0 Å². The van der Waals surface area contributed by atoms with Crippen LogP contribution < -0.4 is 0 Å². The number of nitriles is 1. The van der Waals surface area contributed by atoms with Crippen LogP contribution in [0.25, 0.3) is 0 Å². The minimum Gasteiger partial charge on any atom is -0.481 e. The van der Waals surface area contributed by atoms with Gasteiger partial charge in [0, 0.05) is 0 Å². The number of carboxylic acid groups (broad SMARTS) is 1. The normalized spacial score (nSPS) is 11.8. The SMILES string of the molecule is CC(C(=O)O)c1ccc(F)cc1C#N. The van der Waals surface area contributed by atoms with E-state index in [4.69, 9.17) is 10.4 Å². The molecule has 1 aromatic carbocycles. The summed E-state index contributed by atoms with van der Waals surface area (Å²) in [7, 11) is 0. The van der Waals surface area contributed by atoms with E-state index in [0.717, 1.165) is 12.1 Å². The number of hydrogen-bond donors (Lipinski definition) is 1. The fourth-order valence-electron chi connectivity index (χ4n) is 1.14. The first kappa shape index (κ1) is 10.2. The van der Waals surface area contributed by atoms with Crippen molar-refractivity contribution in [3.05, 3.63) is 35.1 Å². The largest absolute Gasteiger partial charge is 0.481 e. The Bertz CT molecular complexity index is 409. The molecule has 0 spiro atoms. The third-order valence-corrected chi connectivity index (χ3v) is 1.97. The number of halogens is 1. The van der Waals surface area contributed by atoms with E-state index < -0.39 is 17.7 Å². The van der Waals surface area contributed by atoms with Crippen molar-refractivity contribution in [3.63, 3.8) is 0 Å². The highest BCUT2D eigenvalue weighted by atomic mass is 19.1. The van der Waals surface area contributed by atoms with Crippen LogP contribution in [-0.2, 0) is 4.79 Å². The van der Waals surface area contributed by atoms with Crippen LogP contribution in [0.15, 0.2) is 18.2 Å². The second-order valence-corrected chi connectivity index (χ2v) is 2.90. The smallest absolute Gasteiger partial charge is 0.310 e. The number of carbonyl (C=O) groups is 1. The molecule has 0 saturated heterocycles. The zero-order valence-electron chi connectivity index (χ0n) is 7.49. The molecular formula is C10H8FNO2. The van der Waals surface area contributed by atoms with E-state index in [-0.39, 0.29) is 5.56 Å². The van der Waals surface area contributed by atoms with E-state index in [1.54, 1.807) is 6.07 Å². The van der Waals surface area contributed by atoms with Gasteiger partial charge >= 0.3 is 5.97 Å². The third-order valence-electron chi connectivity index (χ3n) is 1.97. The Hall–Kier alpha value is -1.89. The molecule has 1 aromatic rings.